The molecule has 1 unspecified atom stereocenters. The van der Waals surface area contributed by atoms with Crippen molar-refractivity contribution in [3.05, 3.63) is 322 Å². The molecule has 6 fully saturated rings. The number of nitrogens with one attached hydrogen (secondary N) is 7. The summed E-state index contributed by atoms with van der Waals surface area (Å²) in [5.41, 5.74) is 6.77. The molecule has 6 atom stereocenters. The Morgan fingerprint density at radius 3 is 1.15 bits per heavy atom. The molecular formula is C99H118BClF9N18O10S2. The number of anilines is 3. The summed E-state index contributed by atoms with van der Waals surface area (Å²) in [6.45, 7) is 28.9. The average molecular weight is 2000 g/mol. The number of sulfone groups is 2. The molecule has 6 saturated heterocycles. The monoisotopic (exact) mass is 2000 g/mol. The smallest absolute Gasteiger partial charge is 0.537 e. The number of nitrogens with zero attached hydrogens (tertiary/aromatic N) is 11. The zero-order valence-corrected chi connectivity index (χ0v) is 81.7. The Labute approximate surface area is 817 Å². The van der Waals surface area contributed by atoms with Gasteiger partial charge in [-0.3, -0.25) is 0 Å². The third kappa shape index (κ3) is 36.3. The van der Waals surface area contributed by atoms with E-state index in [0.717, 1.165) is 128 Å². The summed E-state index contributed by atoms with van der Waals surface area (Å²) < 4.78 is 175. The highest BCUT2D eigenvalue weighted by Gasteiger charge is 2.37. The minimum absolute atomic E-state index is 0.0110. The molecule has 6 aliphatic heterocycles. The van der Waals surface area contributed by atoms with Crippen LogP contribution in [0, 0.1) is 48.8 Å². The number of ether oxygens (including phenoxy) is 2. The van der Waals surface area contributed by atoms with E-state index in [1.165, 1.54) is 97.3 Å². The van der Waals surface area contributed by atoms with Crippen LogP contribution in [0.2, 0.25) is 5.28 Å². The summed E-state index contributed by atoms with van der Waals surface area (Å²) in [5.74, 6) is 0.163. The third-order valence-electron chi connectivity index (χ3n) is 22.0. The minimum Gasteiger partial charge on any atom is -0.537 e. The number of piperazine rings is 6. The first-order valence-electron chi connectivity index (χ1n) is 45.2. The number of hydrogen-bond acceptors (Lipinski definition) is 26. The molecule has 8 N–H and O–H groups in total. The van der Waals surface area contributed by atoms with Crippen molar-refractivity contribution in [2.75, 3.05) is 145 Å². The van der Waals surface area contributed by atoms with E-state index in [1.807, 2.05) is 110 Å². The topological polar surface area (TPSA) is 328 Å². The number of aryl methyl sites for hydroxylation is 2. The Morgan fingerprint density at radius 1 is 0.421 bits per heavy atom. The third-order valence-corrected chi connectivity index (χ3v) is 24.4. The standard InChI is InChI=1S/C22H23FN4O2S.C20H25FN4O2.C15H21FN2O2.3C10H13FN2.C7H8BO4S.C5H2ClF3N2/c1-16-10-11-24-22(25-16)27-13-12-26(15-21(27)17-6-8-18(23)9-7-17)19-4-3-5-20(14-19)30(2,28)29;1-14-9-10-22-18(23-14)25-12-11-24(19(26)27-20(2,3)4)13-17(25)15-5-7-16(21)8-6-15;1-15(2,3)20-14(19)18-9-8-17-13(10-18)11-4-6-12(16)7-5-11;3*11-9-3-1-8(2-4-9)10-7-12-5-6-13-10;1-13(10,11)7-4-2-3-6(5-7)12-8-9;6-4-10-2-1-3(11-4)5(7,8)9/h3-11,14,21H,12-13,15H2,1-2H3;5-10,17H,11-13H2,1-4H3;4-7,13,17H,8-10H2,1-3H3;3*1-4,10,12-13H,5-7H2;2-5,9H,1H3;1-2H/t21-;17-;13-;2*10-;;;/m00010.../s1. The van der Waals surface area contributed by atoms with Gasteiger partial charge in [0.25, 0.3) is 0 Å². The Bertz CT molecular complexity index is 5810. The second-order valence-corrected chi connectivity index (χ2v) is 39.5. The van der Waals surface area contributed by atoms with Crippen LogP contribution in [0.3, 0.4) is 0 Å². The molecule has 0 spiro atoms. The molecule has 1 radical (unpaired) electrons. The van der Waals surface area contributed by atoms with Crippen LogP contribution in [0.15, 0.2) is 241 Å². The van der Waals surface area contributed by atoms with Crippen molar-refractivity contribution >= 4 is 68.7 Å². The van der Waals surface area contributed by atoms with Gasteiger partial charge < -0.3 is 80.9 Å². The first-order valence-corrected chi connectivity index (χ1v) is 49.4. The van der Waals surface area contributed by atoms with Gasteiger partial charge in [0, 0.05) is 184 Å². The highest BCUT2D eigenvalue weighted by atomic mass is 35.5. The molecule has 6 aliphatic rings. The van der Waals surface area contributed by atoms with Gasteiger partial charge in [-0.25, -0.2) is 82.7 Å². The van der Waals surface area contributed by atoms with E-state index in [4.69, 9.17) is 26.1 Å². The Morgan fingerprint density at radius 2 is 0.786 bits per heavy atom. The highest BCUT2D eigenvalue weighted by Crippen LogP contribution is 2.35. The van der Waals surface area contributed by atoms with Crippen molar-refractivity contribution in [2.24, 2.45) is 0 Å². The van der Waals surface area contributed by atoms with Gasteiger partial charge in [-0.15, -0.1) is 0 Å². The molecule has 140 heavy (non-hydrogen) atoms. The molecule has 0 aliphatic carbocycles. The molecule has 11 aromatic rings. The van der Waals surface area contributed by atoms with Crippen molar-refractivity contribution in [1.82, 2.24) is 76.9 Å². The van der Waals surface area contributed by atoms with Crippen LogP contribution in [-0.4, -0.2) is 223 Å². The fraction of sp³-hybridized carbons (Fsp3) is 0.374. The Kier molecular flexibility index (Phi) is 41.3. The van der Waals surface area contributed by atoms with Gasteiger partial charge in [-0.2, -0.15) is 13.2 Å². The summed E-state index contributed by atoms with van der Waals surface area (Å²) in [5, 5.41) is 31.2. The Balaban J connectivity index is 0.000000169. The Hall–Kier alpha value is -12.0. The van der Waals surface area contributed by atoms with Crippen molar-refractivity contribution < 1.29 is 85.1 Å². The van der Waals surface area contributed by atoms with Crippen LogP contribution in [-0.2, 0) is 35.3 Å². The maximum absolute atomic E-state index is 13.5. The summed E-state index contributed by atoms with van der Waals surface area (Å²) in [4.78, 5) is 59.0. The summed E-state index contributed by atoms with van der Waals surface area (Å²) in [6, 6.07) is 57.2. The van der Waals surface area contributed by atoms with Gasteiger partial charge in [0.2, 0.25) is 17.2 Å². The van der Waals surface area contributed by atoms with Gasteiger partial charge in [-0.1, -0.05) is 84.9 Å². The molecule has 28 nitrogen and oxygen atoms in total. The van der Waals surface area contributed by atoms with E-state index in [2.05, 4.69) is 86.5 Å². The number of benzene rings is 8. The van der Waals surface area contributed by atoms with Crippen molar-refractivity contribution in [3.8, 4) is 5.75 Å². The number of rotatable bonds is 13. The second-order valence-electron chi connectivity index (χ2n) is 35.1. The SMILES string of the molecule is CC(C)(C)OC(=O)N1CCN[C@H](c2ccc(F)cc2)C1.CS(=O)(=O)c1cccc(O[B]O)c1.Cc1ccnc(N2CCN(C(=O)OC(C)(C)C)C[C@H]2c2ccc(F)cc2)n1.Cc1ccnc(N2CCN(c3cccc(S(C)(=O)=O)c3)C[C@H]2c2ccc(F)cc2)n1.FC(F)(F)c1ccnc(Cl)n1.Fc1ccc(C2CNCCN2)cc1.Fc1ccc([C@@H]2CNCCN2)cc1.Fc1ccc([C@H]2CNCCN2)cc1. The molecular weight excluding hydrogens is 1880 g/mol. The normalized spacial score (nSPS) is 18.3. The van der Waals surface area contributed by atoms with Gasteiger partial charge >= 0.3 is 26.0 Å². The van der Waals surface area contributed by atoms with Crippen molar-refractivity contribution in [3.63, 3.8) is 0 Å². The van der Waals surface area contributed by atoms with Gasteiger partial charge in [0.15, 0.2) is 19.7 Å². The minimum atomic E-state index is -4.45. The molecule has 17 rings (SSSR count). The van der Waals surface area contributed by atoms with E-state index in [9.17, 15) is 65.9 Å². The fourth-order valence-corrected chi connectivity index (χ4v) is 16.5. The zero-order chi connectivity index (χ0) is 101. The van der Waals surface area contributed by atoms with Crippen LogP contribution in [0.1, 0.15) is 128 Å². The van der Waals surface area contributed by atoms with Gasteiger partial charge in [0.05, 0.1) is 27.9 Å². The molecule has 3 aromatic heterocycles. The van der Waals surface area contributed by atoms with Crippen LogP contribution >= 0.6 is 11.6 Å². The number of hydrogen-bond donors (Lipinski definition) is 8. The number of amides is 2. The van der Waals surface area contributed by atoms with Crippen LogP contribution in [0.5, 0.6) is 5.75 Å². The van der Waals surface area contributed by atoms with Crippen molar-refractivity contribution in [1.29, 1.82) is 0 Å². The first-order chi connectivity index (χ1) is 66.5. The largest absolute Gasteiger partial charge is 0.569 e. The number of carbonyl (C=O) groups is 2. The highest BCUT2D eigenvalue weighted by molar-refractivity contribution is 7.91. The molecule has 0 saturated carbocycles. The number of halogens is 10. The number of carbonyl (C=O) groups excluding carboxylic acids is 2. The number of aromatic nitrogens is 6. The second kappa shape index (κ2) is 52.5. The summed E-state index contributed by atoms with van der Waals surface area (Å²) in [7, 11) is -6.01. The van der Waals surface area contributed by atoms with Crippen LogP contribution < -0.4 is 56.6 Å². The maximum atomic E-state index is 13.5. The first kappa shape index (κ1) is 110. The quantitative estimate of drug-likeness (QED) is 0.0302. The van der Waals surface area contributed by atoms with E-state index in [0.29, 0.717) is 102 Å². The molecule has 749 valence electrons. The number of alkyl halides is 3. The predicted octanol–water partition coefficient (Wildman–Crippen LogP) is 15.1. The molecule has 8 aromatic carbocycles. The lowest BCUT2D eigenvalue weighted by Crippen LogP contribution is -2.52. The lowest BCUT2D eigenvalue weighted by molar-refractivity contribution is -0.141. The zero-order valence-electron chi connectivity index (χ0n) is 79.3. The molecule has 9 heterocycles. The van der Waals surface area contributed by atoms with Crippen molar-refractivity contribution in [2.45, 2.75) is 119 Å². The predicted molar refractivity (Wildman–Crippen MR) is 521 cm³/mol. The summed E-state index contributed by atoms with van der Waals surface area (Å²) in [6.07, 6.45) is 1.63. The van der Waals surface area contributed by atoms with Crippen LogP contribution in [0.25, 0.3) is 0 Å². The van der Waals surface area contributed by atoms with Gasteiger partial charge in [-0.05, 0) is 228 Å². The fourth-order valence-electron chi connectivity index (χ4n) is 15.0. The van der Waals surface area contributed by atoms with E-state index in [-0.39, 0.29) is 75.9 Å². The molecule has 41 heteroatoms. The average Bonchev–Trinajstić information content (AvgIpc) is 0.783. The molecule has 0 bridgehead atoms. The van der Waals surface area contributed by atoms with Crippen LogP contribution in [0.4, 0.5) is 66.7 Å². The van der Waals surface area contributed by atoms with E-state index < -0.39 is 48.0 Å². The summed E-state index contributed by atoms with van der Waals surface area (Å²) >= 11 is 5.13. The lowest BCUT2D eigenvalue weighted by atomic mass is 10.0. The molecule has 2 amide bonds. The van der Waals surface area contributed by atoms with E-state index >= 15 is 0 Å². The lowest BCUT2D eigenvalue weighted by Gasteiger charge is -2.42. The maximum Gasteiger partial charge on any atom is 0.569 e. The van der Waals surface area contributed by atoms with E-state index in [1.54, 1.807) is 82.9 Å². The van der Waals surface area contributed by atoms with Gasteiger partial charge in [0.1, 0.15) is 57.5 Å².